The Kier molecular flexibility index (Phi) is 10.3. The fourth-order valence-corrected chi connectivity index (χ4v) is 5.79. The van der Waals surface area contributed by atoms with Gasteiger partial charge >= 0.3 is 0 Å². The molecule has 1 aliphatic heterocycles. The van der Waals surface area contributed by atoms with E-state index in [1.54, 1.807) is 48.5 Å². The number of phenolic OH excluding ortho intramolecular Hbond substituents is 1. The van der Waals surface area contributed by atoms with Gasteiger partial charge in [0.1, 0.15) is 11.5 Å². The minimum Gasteiger partial charge on any atom is -0.504 e. The predicted molar refractivity (Wildman–Crippen MR) is 178 cm³/mol. The van der Waals surface area contributed by atoms with Crippen molar-refractivity contribution in [1.82, 2.24) is 4.90 Å². The van der Waals surface area contributed by atoms with Gasteiger partial charge in [-0.25, -0.2) is 13.6 Å². The number of carbonyl (C=O) groups is 2. The number of nitrogens with two attached hydrogens (primary N) is 1. The first-order chi connectivity index (χ1) is 22.5. The number of rotatable bonds is 11. The summed E-state index contributed by atoms with van der Waals surface area (Å²) in [7, 11) is -2.44. The standard InChI is InChI=1S/C31H26ClN5O8S2/c1-43-27-13-19(4-10-25(27)38)16-34-36-31-37(17-23-3-2-12-44-23)30(40)28(46-31)15-20-14-21(32)5-11-26(20)45-18-29(39)35-22-6-8-24(9-7-22)47(33,41)42/h2-16,38H,17-18H2,1H3,(H,35,39)(H2,33,41,42)/b28-15-,34-16-,36-31+. The number of aromatic hydroxyl groups is 1. The first-order valence-corrected chi connectivity index (χ1v) is 16.3. The monoisotopic (exact) mass is 695 g/mol. The van der Waals surface area contributed by atoms with Gasteiger partial charge in [-0.2, -0.15) is 5.10 Å². The number of sulfonamides is 1. The molecule has 2 heterocycles. The number of amides is 2. The summed E-state index contributed by atoms with van der Waals surface area (Å²) in [6, 6.07) is 18.2. The zero-order valence-corrected chi connectivity index (χ0v) is 26.9. The molecule has 1 saturated heterocycles. The average molecular weight is 696 g/mol. The lowest BCUT2D eigenvalue weighted by Crippen LogP contribution is -2.28. The van der Waals surface area contributed by atoms with Crippen LogP contribution in [0.1, 0.15) is 16.9 Å². The second-order valence-electron chi connectivity index (χ2n) is 9.73. The number of methoxy groups -OCH3 is 1. The molecule has 0 saturated carbocycles. The number of thioether (sulfide) groups is 1. The zero-order valence-electron chi connectivity index (χ0n) is 24.5. The van der Waals surface area contributed by atoms with Gasteiger partial charge in [0.05, 0.1) is 35.9 Å². The Morgan fingerprint density at radius 3 is 2.62 bits per heavy atom. The highest BCUT2D eigenvalue weighted by molar-refractivity contribution is 8.18. The van der Waals surface area contributed by atoms with Crippen molar-refractivity contribution in [2.75, 3.05) is 19.0 Å². The highest BCUT2D eigenvalue weighted by Crippen LogP contribution is 2.36. The van der Waals surface area contributed by atoms with Gasteiger partial charge in [0.2, 0.25) is 10.0 Å². The fourth-order valence-electron chi connectivity index (χ4n) is 4.17. The molecule has 0 spiro atoms. The van der Waals surface area contributed by atoms with E-state index in [1.165, 1.54) is 54.8 Å². The van der Waals surface area contributed by atoms with Crippen LogP contribution < -0.4 is 19.9 Å². The van der Waals surface area contributed by atoms with Crippen LogP contribution in [0, 0.1) is 0 Å². The molecular weight excluding hydrogens is 670 g/mol. The molecule has 0 atom stereocenters. The summed E-state index contributed by atoms with van der Waals surface area (Å²) in [5.74, 6) is 0.158. The van der Waals surface area contributed by atoms with Crippen molar-refractivity contribution in [1.29, 1.82) is 0 Å². The molecule has 3 aromatic carbocycles. The number of hydrogen-bond donors (Lipinski definition) is 3. The molecule has 4 aromatic rings. The second-order valence-corrected chi connectivity index (χ2v) is 12.7. The molecule has 47 heavy (non-hydrogen) atoms. The Morgan fingerprint density at radius 1 is 1.13 bits per heavy atom. The highest BCUT2D eigenvalue weighted by atomic mass is 35.5. The Balaban J connectivity index is 1.35. The van der Waals surface area contributed by atoms with Crippen molar-refractivity contribution in [2.45, 2.75) is 11.4 Å². The number of furan rings is 1. The number of carbonyl (C=O) groups excluding carboxylic acids is 2. The van der Waals surface area contributed by atoms with E-state index < -0.39 is 22.5 Å². The van der Waals surface area contributed by atoms with Crippen LogP contribution in [0.3, 0.4) is 0 Å². The molecule has 0 aliphatic carbocycles. The van der Waals surface area contributed by atoms with Crippen LogP contribution in [-0.4, -0.2) is 55.3 Å². The van der Waals surface area contributed by atoms with E-state index in [-0.39, 0.29) is 44.7 Å². The number of nitrogens with zero attached hydrogens (tertiary/aromatic N) is 3. The smallest absolute Gasteiger partial charge is 0.267 e. The van der Waals surface area contributed by atoms with Gasteiger partial charge in [-0.05, 0) is 96.2 Å². The fraction of sp³-hybridized carbons (Fsp3) is 0.0968. The van der Waals surface area contributed by atoms with Gasteiger partial charge in [-0.1, -0.05) is 11.6 Å². The summed E-state index contributed by atoms with van der Waals surface area (Å²) in [6.07, 6.45) is 4.53. The van der Waals surface area contributed by atoms with Crippen molar-refractivity contribution in [3.05, 3.63) is 106 Å². The lowest BCUT2D eigenvalue weighted by molar-refractivity contribution is -0.122. The normalized spacial score (nSPS) is 15.1. The van der Waals surface area contributed by atoms with Crippen molar-refractivity contribution in [2.24, 2.45) is 15.3 Å². The van der Waals surface area contributed by atoms with Crippen LogP contribution in [0.25, 0.3) is 6.08 Å². The number of phenols is 1. The van der Waals surface area contributed by atoms with Crippen molar-refractivity contribution < 1.29 is 37.0 Å². The van der Waals surface area contributed by atoms with Gasteiger partial charge in [-0.15, -0.1) is 5.10 Å². The molecule has 16 heteroatoms. The second kappa shape index (κ2) is 14.6. The third kappa shape index (κ3) is 8.59. The van der Waals surface area contributed by atoms with Crippen LogP contribution in [0.5, 0.6) is 17.2 Å². The molecule has 1 fully saturated rings. The number of halogens is 1. The van der Waals surface area contributed by atoms with E-state index in [9.17, 15) is 23.1 Å². The summed E-state index contributed by atoms with van der Waals surface area (Å²) in [5, 5.41) is 26.6. The topological polar surface area (TPSA) is 186 Å². The average Bonchev–Trinajstić information content (AvgIpc) is 3.65. The molecule has 13 nitrogen and oxygen atoms in total. The van der Waals surface area contributed by atoms with Crippen molar-refractivity contribution in [3.63, 3.8) is 0 Å². The Bertz CT molecular complexity index is 2000. The lowest BCUT2D eigenvalue weighted by Gasteiger charge is -2.13. The first-order valence-electron chi connectivity index (χ1n) is 13.6. The summed E-state index contributed by atoms with van der Waals surface area (Å²) in [6.45, 7) is -0.307. The van der Waals surface area contributed by atoms with Crippen molar-refractivity contribution >= 4 is 68.3 Å². The maximum Gasteiger partial charge on any atom is 0.267 e. The van der Waals surface area contributed by atoms with Crippen LogP contribution in [0.15, 0.2) is 103 Å². The molecule has 1 aromatic heterocycles. The largest absolute Gasteiger partial charge is 0.504 e. The van der Waals surface area contributed by atoms with Gasteiger partial charge in [-0.3, -0.25) is 14.5 Å². The highest BCUT2D eigenvalue weighted by Gasteiger charge is 2.34. The number of anilines is 1. The minimum absolute atomic E-state index is 0.0190. The number of hydrogen-bond acceptors (Lipinski definition) is 11. The quantitative estimate of drug-likeness (QED) is 0.112. The third-order valence-corrected chi connectivity index (χ3v) is 8.58. The number of nitrogens with one attached hydrogen (secondary N) is 1. The third-order valence-electron chi connectivity index (χ3n) is 6.42. The van der Waals surface area contributed by atoms with Crippen LogP contribution in [0.2, 0.25) is 5.02 Å². The lowest BCUT2D eigenvalue weighted by atomic mass is 10.2. The first kappa shape index (κ1) is 33.3. The Morgan fingerprint density at radius 2 is 1.91 bits per heavy atom. The van der Waals surface area contributed by atoms with Crippen LogP contribution in [0.4, 0.5) is 5.69 Å². The molecule has 0 bridgehead atoms. The van der Waals surface area contributed by atoms with Gasteiger partial charge in [0, 0.05) is 16.3 Å². The summed E-state index contributed by atoms with van der Waals surface area (Å²) in [4.78, 5) is 27.8. The van der Waals surface area contributed by atoms with Gasteiger partial charge in [0.15, 0.2) is 23.3 Å². The summed E-state index contributed by atoms with van der Waals surface area (Å²) in [5.41, 5.74) is 1.38. The van der Waals surface area contributed by atoms with E-state index in [0.29, 0.717) is 27.6 Å². The molecular formula is C31H26ClN5O8S2. The predicted octanol–water partition coefficient (Wildman–Crippen LogP) is 4.82. The van der Waals surface area contributed by atoms with Crippen LogP contribution >= 0.6 is 23.4 Å². The summed E-state index contributed by atoms with van der Waals surface area (Å²) < 4.78 is 39.3. The number of primary sulfonamides is 1. The van der Waals surface area contributed by atoms with Crippen molar-refractivity contribution in [3.8, 4) is 17.2 Å². The molecule has 242 valence electrons. The Labute approximate surface area is 278 Å². The van der Waals surface area contributed by atoms with E-state index in [2.05, 4.69) is 15.5 Å². The minimum atomic E-state index is -3.87. The maximum atomic E-state index is 13.6. The van der Waals surface area contributed by atoms with E-state index in [0.717, 1.165) is 11.8 Å². The molecule has 0 radical (unpaired) electrons. The SMILES string of the molecule is COc1cc(/C=N\N=C2\S/C(=C\c3cc(Cl)ccc3OCC(=O)Nc3ccc(S(N)(=O)=O)cc3)C(=O)N2Cc2ccco2)ccc1O. The van der Waals surface area contributed by atoms with E-state index in [1.807, 2.05) is 0 Å². The van der Waals surface area contributed by atoms with Gasteiger partial charge < -0.3 is 24.3 Å². The van der Waals surface area contributed by atoms with Gasteiger partial charge in [0.25, 0.3) is 11.8 Å². The maximum absolute atomic E-state index is 13.6. The molecule has 1 aliphatic rings. The number of amidine groups is 1. The molecule has 0 unspecified atom stereocenters. The van der Waals surface area contributed by atoms with E-state index >= 15 is 0 Å². The molecule has 4 N–H and O–H groups in total. The van der Waals surface area contributed by atoms with E-state index in [4.69, 9.17) is 30.6 Å². The van der Waals surface area contributed by atoms with Crippen LogP contribution in [-0.2, 0) is 26.2 Å². The number of ether oxygens (including phenoxy) is 2. The molecule has 2 amide bonds. The summed E-state index contributed by atoms with van der Waals surface area (Å²) >= 11 is 7.34. The Hall–Kier alpha value is -5.09. The number of benzene rings is 3. The molecule has 5 rings (SSSR count). The zero-order chi connectivity index (χ0) is 33.6.